The molecule has 0 aliphatic heterocycles. The van der Waals surface area contributed by atoms with Gasteiger partial charge in [0.2, 0.25) is 5.91 Å². The van der Waals surface area contributed by atoms with Crippen molar-refractivity contribution in [2.24, 2.45) is 0 Å². The number of benzene rings is 1. The van der Waals surface area contributed by atoms with Crippen molar-refractivity contribution in [2.75, 3.05) is 5.32 Å². The molecule has 0 aromatic heterocycles. The van der Waals surface area contributed by atoms with Gasteiger partial charge < -0.3 is 10.4 Å². The predicted octanol–water partition coefficient (Wildman–Crippen LogP) is 1.34. The maximum absolute atomic E-state index is 10.6. The zero-order valence-electron chi connectivity index (χ0n) is 7.07. The predicted molar refractivity (Wildman–Crippen MR) is 47.7 cm³/mol. The topological polar surface area (TPSA) is 66.4 Å². The van der Waals surface area contributed by atoms with Crippen LogP contribution in [0.2, 0.25) is 0 Å². The molecule has 1 rings (SSSR count). The number of nitrogens with one attached hydrogen (secondary N) is 1. The highest BCUT2D eigenvalue weighted by Crippen LogP contribution is 2.08. The molecular formula is C9H9NO3. The van der Waals surface area contributed by atoms with Crippen LogP contribution in [0.4, 0.5) is 5.69 Å². The van der Waals surface area contributed by atoms with E-state index in [4.69, 9.17) is 5.11 Å². The summed E-state index contributed by atoms with van der Waals surface area (Å²) in [7, 11) is 0. The van der Waals surface area contributed by atoms with Crippen LogP contribution in [0.25, 0.3) is 0 Å². The van der Waals surface area contributed by atoms with Crippen molar-refractivity contribution < 1.29 is 14.7 Å². The van der Waals surface area contributed by atoms with Crippen LogP contribution in [0.1, 0.15) is 17.3 Å². The Labute approximate surface area is 75.2 Å². The number of aromatic carboxylic acids is 1. The lowest BCUT2D eigenvalue weighted by Crippen LogP contribution is -2.05. The fourth-order valence-corrected chi connectivity index (χ4v) is 0.899. The zero-order valence-corrected chi connectivity index (χ0v) is 7.07. The molecular weight excluding hydrogens is 169 g/mol. The van der Waals surface area contributed by atoms with Gasteiger partial charge in [-0.25, -0.2) is 4.79 Å². The third-order valence-electron chi connectivity index (χ3n) is 1.45. The summed E-state index contributed by atoms with van der Waals surface area (Å²) < 4.78 is 0. The van der Waals surface area contributed by atoms with E-state index in [0.29, 0.717) is 5.69 Å². The van der Waals surface area contributed by atoms with Crippen LogP contribution in [-0.2, 0) is 4.79 Å². The van der Waals surface area contributed by atoms with Crippen molar-refractivity contribution in [1.82, 2.24) is 0 Å². The van der Waals surface area contributed by atoms with Gasteiger partial charge >= 0.3 is 5.97 Å². The molecule has 1 aromatic rings. The first-order valence-electron chi connectivity index (χ1n) is 3.70. The number of carbonyl (C=O) groups is 2. The summed E-state index contributed by atoms with van der Waals surface area (Å²) in [5.41, 5.74) is 0.798. The van der Waals surface area contributed by atoms with Crippen molar-refractivity contribution in [3.8, 4) is 0 Å². The molecule has 0 heterocycles. The van der Waals surface area contributed by atoms with Crippen LogP contribution in [0, 0.1) is 0 Å². The van der Waals surface area contributed by atoms with Gasteiger partial charge in [-0.3, -0.25) is 4.79 Å². The fourth-order valence-electron chi connectivity index (χ4n) is 0.899. The van der Waals surface area contributed by atoms with Gasteiger partial charge in [0.1, 0.15) is 0 Å². The summed E-state index contributed by atoms with van der Waals surface area (Å²) in [5.74, 6) is -1.16. The first-order chi connectivity index (χ1) is 6.09. The average Bonchev–Trinajstić information content (AvgIpc) is 2.04. The monoisotopic (exact) mass is 178 g/mol. The number of hydrogen-bond acceptors (Lipinski definition) is 2. The number of rotatable bonds is 2. The van der Waals surface area contributed by atoms with Crippen molar-refractivity contribution in [1.29, 1.82) is 0 Å². The summed E-state index contributed by atoms with van der Waals surface area (Å²) in [6.45, 7) is 1.39. The molecule has 4 heteroatoms. The molecule has 1 aromatic carbocycles. The second-order valence-corrected chi connectivity index (χ2v) is 2.56. The molecule has 0 fully saturated rings. The van der Waals surface area contributed by atoms with Crippen LogP contribution in [0.5, 0.6) is 0 Å². The van der Waals surface area contributed by atoms with Crippen molar-refractivity contribution >= 4 is 17.6 Å². The minimum atomic E-state index is -0.977. The fraction of sp³-hybridized carbons (Fsp3) is 0.111. The van der Waals surface area contributed by atoms with E-state index >= 15 is 0 Å². The van der Waals surface area contributed by atoms with E-state index in [9.17, 15) is 9.59 Å². The second kappa shape index (κ2) is 3.71. The number of carboxylic acids is 1. The van der Waals surface area contributed by atoms with E-state index in [1.165, 1.54) is 19.1 Å². The molecule has 0 aliphatic carbocycles. The molecule has 4 nitrogen and oxygen atoms in total. The lowest BCUT2D eigenvalue weighted by atomic mass is 10.2. The van der Waals surface area contributed by atoms with Crippen LogP contribution in [-0.4, -0.2) is 17.0 Å². The Morgan fingerprint density at radius 1 is 1.23 bits per heavy atom. The van der Waals surface area contributed by atoms with Crippen molar-refractivity contribution in [2.45, 2.75) is 6.92 Å². The summed E-state index contributed by atoms with van der Waals surface area (Å²) >= 11 is 0. The Balaban J connectivity index is 2.81. The van der Waals surface area contributed by atoms with Gasteiger partial charge in [0.25, 0.3) is 0 Å². The highest BCUT2D eigenvalue weighted by molar-refractivity contribution is 5.91. The minimum Gasteiger partial charge on any atom is -0.478 e. The van der Waals surface area contributed by atoms with Gasteiger partial charge in [0, 0.05) is 12.6 Å². The average molecular weight is 178 g/mol. The van der Waals surface area contributed by atoms with Gasteiger partial charge in [0.15, 0.2) is 0 Å². The van der Waals surface area contributed by atoms with E-state index in [1.54, 1.807) is 12.1 Å². The molecule has 0 unspecified atom stereocenters. The quantitative estimate of drug-likeness (QED) is 0.718. The number of anilines is 1. The van der Waals surface area contributed by atoms with E-state index < -0.39 is 5.97 Å². The van der Waals surface area contributed by atoms with Gasteiger partial charge in [-0.05, 0) is 24.3 Å². The maximum Gasteiger partial charge on any atom is 0.335 e. The molecule has 2 N–H and O–H groups in total. The molecule has 68 valence electrons. The Kier molecular flexibility index (Phi) is 2.64. The Hall–Kier alpha value is -1.84. The summed E-state index contributed by atoms with van der Waals surface area (Å²) in [6, 6.07) is 5.97. The lowest BCUT2D eigenvalue weighted by molar-refractivity contribution is -0.114. The van der Waals surface area contributed by atoms with Crippen LogP contribution < -0.4 is 5.32 Å². The van der Waals surface area contributed by atoms with Gasteiger partial charge in [-0.1, -0.05) is 0 Å². The van der Waals surface area contributed by atoms with Crippen LogP contribution in [0.3, 0.4) is 0 Å². The van der Waals surface area contributed by atoms with E-state index in [2.05, 4.69) is 5.32 Å². The Morgan fingerprint density at radius 2 is 1.77 bits per heavy atom. The summed E-state index contributed by atoms with van der Waals surface area (Å²) in [6.07, 6.45) is 0. The van der Waals surface area contributed by atoms with Crippen molar-refractivity contribution in [3.63, 3.8) is 0 Å². The number of hydrogen-bond donors (Lipinski definition) is 2. The highest BCUT2D eigenvalue weighted by atomic mass is 16.4. The summed E-state index contributed by atoms with van der Waals surface area (Å²) in [5, 5.41) is 11.1. The first kappa shape index (κ1) is 9.25. The molecule has 0 spiro atoms. The second-order valence-electron chi connectivity index (χ2n) is 2.56. The van der Waals surface area contributed by atoms with Gasteiger partial charge in [-0.15, -0.1) is 0 Å². The number of carbonyl (C=O) groups excluding carboxylic acids is 1. The first-order valence-corrected chi connectivity index (χ1v) is 3.70. The third-order valence-corrected chi connectivity index (χ3v) is 1.45. The molecule has 0 saturated heterocycles. The van der Waals surface area contributed by atoms with E-state index in [-0.39, 0.29) is 11.5 Å². The number of carboxylic acid groups (broad SMARTS) is 1. The molecule has 13 heavy (non-hydrogen) atoms. The zero-order chi connectivity index (χ0) is 9.84. The SMILES string of the molecule is [11CH3]C(=O)Nc1ccc(C(=O)O)cc1. The maximum atomic E-state index is 10.6. The smallest absolute Gasteiger partial charge is 0.335 e. The number of amides is 1. The minimum absolute atomic E-state index is 0.178. The van der Waals surface area contributed by atoms with Crippen LogP contribution >= 0.6 is 0 Å². The molecule has 0 radical (unpaired) electrons. The molecule has 0 saturated carbocycles. The van der Waals surface area contributed by atoms with E-state index in [1.807, 2.05) is 0 Å². The highest BCUT2D eigenvalue weighted by Gasteiger charge is 2.01. The van der Waals surface area contributed by atoms with Gasteiger partial charge in [0.05, 0.1) is 5.56 Å². The Bertz CT molecular complexity index is 329. The molecule has 0 atom stereocenters. The largest absolute Gasteiger partial charge is 0.478 e. The van der Waals surface area contributed by atoms with Crippen molar-refractivity contribution in [3.05, 3.63) is 29.8 Å². The normalized spacial score (nSPS) is 9.31. The third kappa shape index (κ3) is 2.59. The lowest BCUT2D eigenvalue weighted by Gasteiger charge is -2.01. The van der Waals surface area contributed by atoms with E-state index in [0.717, 1.165) is 0 Å². The Morgan fingerprint density at radius 3 is 2.15 bits per heavy atom. The summed E-state index contributed by atoms with van der Waals surface area (Å²) in [4.78, 5) is 21.1. The van der Waals surface area contributed by atoms with Crippen LogP contribution in [0.15, 0.2) is 24.3 Å². The molecule has 0 aliphatic rings. The molecule has 0 bridgehead atoms. The molecule has 1 amide bonds. The standard InChI is InChI=1S/C9H9NO3/c1-6(11)10-8-4-2-7(3-5-8)9(12)13/h2-5H,1H3,(H,10,11)(H,12,13)/i1-1. The van der Waals surface area contributed by atoms with Gasteiger partial charge in [-0.2, -0.15) is 0 Å².